The van der Waals surface area contributed by atoms with Crippen molar-refractivity contribution in [3.63, 3.8) is 0 Å². The topological polar surface area (TPSA) is 61.4 Å². The normalized spacial score (nSPS) is 30.0. The third-order valence-corrected chi connectivity index (χ3v) is 6.95. The molecule has 2 amide bonds. The van der Waals surface area contributed by atoms with Gasteiger partial charge < -0.3 is 15.5 Å². The van der Waals surface area contributed by atoms with Crippen molar-refractivity contribution in [2.75, 3.05) is 26.2 Å². The summed E-state index contributed by atoms with van der Waals surface area (Å²) in [5.41, 5.74) is 2.14. The minimum absolute atomic E-state index is 0.0287. The van der Waals surface area contributed by atoms with Gasteiger partial charge in [0, 0.05) is 19.6 Å². The number of rotatable bonds is 4. The van der Waals surface area contributed by atoms with E-state index in [0.717, 1.165) is 64.6 Å². The van der Waals surface area contributed by atoms with Gasteiger partial charge in [0.1, 0.15) is 0 Å². The van der Waals surface area contributed by atoms with Crippen LogP contribution in [-0.4, -0.2) is 48.9 Å². The molecule has 2 heterocycles. The first-order chi connectivity index (χ1) is 13.6. The standard InChI is InChI=1S/C23H33N3O2/c1-23(12-4-9-18-8-2-3-10-19(18)23)22(28)26-14-6-7-17(16-26)15-25-21(27)20-11-5-13-24-20/h2-3,8,10,17,20,24H,4-7,9,11-16H2,1H3,(H,25,27). The SMILES string of the molecule is CC1(C(=O)N2CCCC(CNC(=O)C3CCCN3)C2)CCCc2ccccc21. The Balaban J connectivity index is 1.39. The summed E-state index contributed by atoms with van der Waals surface area (Å²) in [6, 6.07) is 8.42. The predicted octanol–water partition coefficient (Wildman–Crippen LogP) is 2.39. The van der Waals surface area contributed by atoms with Crippen LogP contribution in [0, 0.1) is 5.92 Å². The number of nitrogens with one attached hydrogen (secondary N) is 2. The average molecular weight is 384 g/mol. The number of amides is 2. The highest BCUT2D eigenvalue weighted by molar-refractivity contribution is 5.88. The molecule has 5 heteroatoms. The van der Waals surface area contributed by atoms with E-state index in [1.165, 1.54) is 11.1 Å². The Morgan fingerprint density at radius 3 is 2.89 bits per heavy atom. The molecule has 1 aromatic carbocycles. The lowest BCUT2D eigenvalue weighted by molar-refractivity contribution is -0.139. The number of carbonyl (C=O) groups excluding carboxylic acids is 2. The second-order valence-electron chi connectivity index (χ2n) is 9.00. The van der Waals surface area contributed by atoms with E-state index >= 15 is 0 Å². The summed E-state index contributed by atoms with van der Waals surface area (Å²) >= 11 is 0. The molecule has 152 valence electrons. The smallest absolute Gasteiger partial charge is 0.237 e. The van der Waals surface area contributed by atoms with E-state index < -0.39 is 5.41 Å². The molecule has 3 atom stereocenters. The fraction of sp³-hybridized carbons (Fsp3) is 0.652. The number of carbonyl (C=O) groups is 2. The van der Waals surface area contributed by atoms with Gasteiger partial charge in [-0.3, -0.25) is 9.59 Å². The van der Waals surface area contributed by atoms with E-state index in [4.69, 9.17) is 0 Å². The number of aryl methyl sites for hydroxylation is 1. The van der Waals surface area contributed by atoms with Crippen molar-refractivity contribution >= 4 is 11.8 Å². The lowest BCUT2D eigenvalue weighted by Gasteiger charge is -2.41. The first-order valence-electron chi connectivity index (χ1n) is 11.0. The summed E-state index contributed by atoms with van der Waals surface area (Å²) in [6.45, 7) is 5.34. The summed E-state index contributed by atoms with van der Waals surface area (Å²) in [7, 11) is 0. The predicted molar refractivity (Wildman–Crippen MR) is 110 cm³/mol. The van der Waals surface area contributed by atoms with Gasteiger partial charge in [-0.15, -0.1) is 0 Å². The van der Waals surface area contributed by atoms with Crippen molar-refractivity contribution in [3.05, 3.63) is 35.4 Å². The van der Waals surface area contributed by atoms with Crippen LogP contribution >= 0.6 is 0 Å². The first-order valence-corrected chi connectivity index (χ1v) is 11.0. The molecule has 3 aliphatic rings. The zero-order valence-electron chi connectivity index (χ0n) is 17.0. The molecular weight excluding hydrogens is 350 g/mol. The largest absolute Gasteiger partial charge is 0.354 e. The minimum Gasteiger partial charge on any atom is -0.354 e. The van der Waals surface area contributed by atoms with E-state index in [1.54, 1.807) is 0 Å². The molecule has 0 saturated carbocycles. The maximum Gasteiger partial charge on any atom is 0.237 e. The van der Waals surface area contributed by atoms with Crippen LogP contribution in [0.2, 0.25) is 0 Å². The number of fused-ring (bicyclic) bond motifs is 1. The molecule has 0 radical (unpaired) electrons. The number of likely N-dealkylation sites (tertiary alicyclic amines) is 1. The van der Waals surface area contributed by atoms with Gasteiger partial charge in [-0.2, -0.15) is 0 Å². The van der Waals surface area contributed by atoms with Crippen LogP contribution < -0.4 is 10.6 Å². The van der Waals surface area contributed by atoms with Crippen molar-refractivity contribution in [2.45, 2.75) is 63.3 Å². The van der Waals surface area contributed by atoms with Crippen molar-refractivity contribution in [1.29, 1.82) is 0 Å². The average Bonchev–Trinajstić information content (AvgIpc) is 3.27. The van der Waals surface area contributed by atoms with Gasteiger partial charge in [-0.25, -0.2) is 0 Å². The molecule has 5 nitrogen and oxygen atoms in total. The number of hydrogen-bond donors (Lipinski definition) is 2. The quantitative estimate of drug-likeness (QED) is 0.839. The van der Waals surface area contributed by atoms with Crippen molar-refractivity contribution in [1.82, 2.24) is 15.5 Å². The molecule has 2 N–H and O–H groups in total. The second kappa shape index (κ2) is 8.24. The highest BCUT2D eigenvalue weighted by Gasteiger charge is 2.42. The van der Waals surface area contributed by atoms with Crippen molar-refractivity contribution < 1.29 is 9.59 Å². The lowest BCUT2D eigenvalue weighted by Crippen LogP contribution is -2.52. The molecule has 4 rings (SSSR count). The van der Waals surface area contributed by atoms with Gasteiger partial charge in [-0.1, -0.05) is 24.3 Å². The molecule has 2 saturated heterocycles. The number of piperidine rings is 1. The molecule has 0 aromatic heterocycles. The maximum absolute atomic E-state index is 13.6. The summed E-state index contributed by atoms with van der Waals surface area (Å²) in [6.07, 6.45) is 7.17. The summed E-state index contributed by atoms with van der Waals surface area (Å²) in [5.74, 6) is 0.743. The van der Waals surface area contributed by atoms with E-state index in [-0.39, 0.29) is 17.9 Å². The fourth-order valence-electron chi connectivity index (χ4n) is 5.31. The summed E-state index contributed by atoms with van der Waals surface area (Å²) in [4.78, 5) is 27.9. The first kappa shape index (κ1) is 19.4. The Morgan fingerprint density at radius 2 is 2.07 bits per heavy atom. The van der Waals surface area contributed by atoms with E-state index in [2.05, 4.69) is 46.7 Å². The lowest BCUT2D eigenvalue weighted by atomic mass is 9.70. The van der Waals surface area contributed by atoms with Gasteiger partial charge in [0.2, 0.25) is 11.8 Å². The Morgan fingerprint density at radius 1 is 1.21 bits per heavy atom. The molecule has 2 fully saturated rings. The van der Waals surface area contributed by atoms with Crippen LogP contribution in [0.25, 0.3) is 0 Å². The van der Waals surface area contributed by atoms with Crippen LogP contribution in [0.15, 0.2) is 24.3 Å². The zero-order valence-corrected chi connectivity index (χ0v) is 17.0. The van der Waals surface area contributed by atoms with E-state index in [0.29, 0.717) is 12.5 Å². The number of benzene rings is 1. The third-order valence-electron chi connectivity index (χ3n) is 6.95. The van der Waals surface area contributed by atoms with Gasteiger partial charge in [0.05, 0.1) is 11.5 Å². The highest BCUT2D eigenvalue weighted by atomic mass is 16.2. The third kappa shape index (κ3) is 3.82. The molecular formula is C23H33N3O2. The molecule has 3 unspecified atom stereocenters. The van der Waals surface area contributed by atoms with Crippen LogP contribution in [0.1, 0.15) is 56.6 Å². The zero-order chi connectivity index (χ0) is 19.6. The van der Waals surface area contributed by atoms with Gasteiger partial charge in [0.15, 0.2) is 0 Å². The maximum atomic E-state index is 13.6. The molecule has 28 heavy (non-hydrogen) atoms. The number of hydrogen-bond acceptors (Lipinski definition) is 3. The van der Waals surface area contributed by atoms with Crippen LogP contribution in [0.5, 0.6) is 0 Å². The van der Waals surface area contributed by atoms with E-state index in [1.807, 2.05) is 0 Å². The van der Waals surface area contributed by atoms with Crippen molar-refractivity contribution in [3.8, 4) is 0 Å². The van der Waals surface area contributed by atoms with Crippen LogP contribution in [-0.2, 0) is 21.4 Å². The molecule has 0 bridgehead atoms. The minimum atomic E-state index is -0.409. The molecule has 1 aromatic rings. The van der Waals surface area contributed by atoms with Crippen molar-refractivity contribution in [2.24, 2.45) is 5.92 Å². The Bertz CT molecular complexity index is 728. The van der Waals surface area contributed by atoms with Gasteiger partial charge in [0.25, 0.3) is 0 Å². The molecule has 2 aliphatic heterocycles. The molecule has 0 spiro atoms. The monoisotopic (exact) mass is 383 g/mol. The van der Waals surface area contributed by atoms with E-state index in [9.17, 15) is 9.59 Å². The summed E-state index contributed by atoms with van der Waals surface area (Å²) in [5, 5.41) is 6.37. The van der Waals surface area contributed by atoms with Crippen LogP contribution in [0.3, 0.4) is 0 Å². The van der Waals surface area contributed by atoms with Gasteiger partial charge >= 0.3 is 0 Å². The number of nitrogens with zero attached hydrogens (tertiary/aromatic N) is 1. The Kier molecular flexibility index (Phi) is 5.72. The highest BCUT2D eigenvalue weighted by Crippen LogP contribution is 2.39. The summed E-state index contributed by atoms with van der Waals surface area (Å²) < 4.78 is 0. The van der Waals surface area contributed by atoms with Crippen LogP contribution in [0.4, 0.5) is 0 Å². The fourth-order valence-corrected chi connectivity index (χ4v) is 5.31. The Labute approximate surface area is 168 Å². The Hall–Kier alpha value is -1.88. The second-order valence-corrected chi connectivity index (χ2v) is 9.00. The van der Waals surface area contributed by atoms with Gasteiger partial charge in [-0.05, 0) is 75.5 Å². The molecule has 1 aliphatic carbocycles.